The van der Waals surface area contributed by atoms with Crippen LogP contribution in [0.3, 0.4) is 0 Å². The van der Waals surface area contributed by atoms with Gasteiger partial charge in [-0.2, -0.15) is 0 Å². The minimum atomic E-state index is -0.596. The summed E-state index contributed by atoms with van der Waals surface area (Å²) in [6.07, 6.45) is 2.03. The highest BCUT2D eigenvalue weighted by molar-refractivity contribution is 9.10. The summed E-state index contributed by atoms with van der Waals surface area (Å²) in [6, 6.07) is 12.2. The summed E-state index contributed by atoms with van der Waals surface area (Å²) in [7, 11) is 0. The standard InChI is InChI=1S/C22H25BrCl2N2O2/c1-3-4-10-26-22(29)15(2)27(14-17-6-5-7-18(23)11-17)21(28)13-16-8-9-19(24)20(25)12-16/h5-9,11-12,15H,3-4,10,13-14H2,1-2H3,(H,26,29)/t15-/m1/s1. The quantitative estimate of drug-likeness (QED) is 0.454. The number of unbranched alkanes of at least 4 members (excludes halogenated alkanes) is 1. The van der Waals surface area contributed by atoms with Crippen molar-refractivity contribution in [3.8, 4) is 0 Å². The molecule has 0 saturated heterocycles. The van der Waals surface area contributed by atoms with E-state index in [1.807, 2.05) is 24.3 Å². The first-order chi connectivity index (χ1) is 13.8. The van der Waals surface area contributed by atoms with Crippen LogP contribution in [0, 0.1) is 0 Å². The number of benzene rings is 2. The van der Waals surface area contributed by atoms with Crippen LogP contribution < -0.4 is 5.32 Å². The zero-order valence-corrected chi connectivity index (χ0v) is 19.6. The van der Waals surface area contributed by atoms with E-state index in [0.717, 1.165) is 28.4 Å². The van der Waals surface area contributed by atoms with Gasteiger partial charge in [0.2, 0.25) is 11.8 Å². The molecule has 0 bridgehead atoms. The maximum atomic E-state index is 13.1. The van der Waals surface area contributed by atoms with Gasteiger partial charge in [0, 0.05) is 17.6 Å². The van der Waals surface area contributed by atoms with Crippen molar-refractivity contribution in [3.63, 3.8) is 0 Å². The zero-order valence-electron chi connectivity index (χ0n) is 16.6. The lowest BCUT2D eigenvalue weighted by atomic mass is 10.1. The van der Waals surface area contributed by atoms with Crippen LogP contribution in [-0.2, 0) is 22.6 Å². The van der Waals surface area contributed by atoms with E-state index in [4.69, 9.17) is 23.2 Å². The first-order valence-corrected chi connectivity index (χ1v) is 11.1. The fourth-order valence-electron chi connectivity index (χ4n) is 2.88. The largest absolute Gasteiger partial charge is 0.354 e. The smallest absolute Gasteiger partial charge is 0.242 e. The summed E-state index contributed by atoms with van der Waals surface area (Å²) in [4.78, 5) is 27.4. The number of hydrogen-bond acceptors (Lipinski definition) is 2. The Bertz CT molecular complexity index is 860. The molecule has 0 aliphatic heterocycles. The average Bonchev–Trinajstić information content (AvgIpc) is 2.68. The first kappa shape index (κ1) is 23.7. The number of carbonyl (C=O) groups is 2. The topological polar surface area (TPSA) is 49.4 Å². The molecule has 0 fully saturated rings. The number of nitrogens with one attached hydrogen (secondary N) is 1. The van der Waals surface area contributed by atoms with E-state index < -0.39 is 6.04 Å². The Morgan fingerprint density at radius 2 is 1.86 bits per heavy atom. The van der Waals surface area contributed by atoms with Gasteiger partial charge in [-0.25, -0.2) is 0 Å². The normalized spacial score (nSPS) is 11.8. The van der Waals surface area contributed by atoms with Gasteiger partial charge in [-0.15, -0.1) is 0 Å². The van der Waals surface area contributed by atoms with Gasteiger partial charge in [0.25, 0.3) is 0 Å². The molecule has 2 aromatic rings. The van der Waals surface area contributed by atoms with Crippen molar-refractivity contribution in [1.82, 2.24) is 10.2 Å². The molecule has 1 atom stereocenters. The number of rotatable bonds is 9. The van der Waals surface area contributed by atoms with E-state index in [1.54, 1.807) is 30.0 Å². The van der Waals surface area contributed by atoms with Gasteiger partial charge in [0.05, 0.1) is 16.5 Å². The Morgan fingerprint density at radius 3 is 2.52 bits per heavy atom. The third kappa shape index (κ3) is 7.32. The molecule has 2 rings (SSSR count). The van der Waals surface area contributed by atoms with E-state index in [-0.39, 0.29) is 18.2 Å². The van der Waals surface area contributed by atoms with E-state index in [9.17, 15) is 9.59 Å². The molecule has 156 valence electrons. The van der Waals surface area contributed by atoms with Crippen molar-refractivity contribution in [2.45, 2.75) is 45.7 Å². The molecule has 7 heteroatoms. The second-order valence-corrected chi connectivity index (χ2v) is 8.63. The molecule has 0 aromatic heterocycles. The van der Waals surface area contributed by atoms with E-state index in [0.29, 0.717) is 23.1 Å². The van der Waals surface area contributed by atoms with Crippen molar-refractivity contribution in [1.29, 1.82) is 0 Å². The molecule has 2 aromatic carbocycles. The fourth-order valence-corrected chi connectivity index (χ4v) is 3.64. The summed E-state index contributed by atoms with van der Waals surface area (Å²) in [6.45, 7) is 4.76. The Labute approximate surface area is 190 Å². The second-order valence-electron chi connectivity index (χ2n) is 6.90. The van der Waals surface area contributed by atoms with Crippen molar-refractivity contribution >= 4 is 50.9 Å². The van der Waals surface area contributed by atoms with Crippen LogP contribution in [0.15, 0.2) is 46.9 Å². The fraction of sp³-hybridized carbons (Fsp3) is 0.364. The minimum Gasteiger partial charge on any atom is -0.354 e. The molecule has 4 nitrogen and oxygen atoms in total. The van der Waals surface area contributed by atoms with Gasteiger partial charge < -0.3 is 10.2 Å². The monoisotopic (exact) mass is 498 g/mol. The summed E-state index contributed by atoms with van der Waals surface area (Å²) in [5.41, 5.74) is 1.69. The van der Waals surface area contributed by atoms with Gasteiger partial charge >= 0.3 is 0 Å². The maximum Gasteiger partial charge on any atom is 0.242 e. The molecular formula is C22H25BrCl2N2O2. The third-order valence-corrected chi connectivity index (χ3v) is 5.81. The number of nitrogens with zero attached hydrogens (tertiary/aromatic N) is 1. The van der Waals surface area contributed by atoms with Crippen LogP contribution in [0.4, 0.5) is 0 Å². The third-order valence-electron chi connectivity index (χ3n) is 4.58. The zero-order chi connectivity index (χ0) is 21.4. The molecule has 0 aliphatic carbocycles. The molecule has 2 amide bonds. The summed E-state index contributed by atoms with van der Waals surface area (Å²) in [5.74, 6) is -0.308. The molecule has 0 heterocycles. The summed E-state index contributed by atoms with van der Waals surface area (Å²) in [5, 5.41) is 3.76. The highest BCUT2D eigenvalue weighted by Crippen LogP contribution is 2.23. The summed E-state index contributed by atoms with van der Waals surface area (Å²) >= 11 is 15.5. The van der Waals surface area contributed by atoms with Crippen LogP contribution >= 0.6 is 39.1 Å². The van der Waals surface area contributed by atoms with E-state index >= 15 is 0 Å². The van der Waals surface area contributed by atoms with Gasteiger partial charge in [-0.05, 0) is 48.7 Å². The Hall–Kier alpha value is -1.56. The van der Waals surface area contributed by atoms with Gasteiger partial charge in [0.15, 0.2) is 0 Å². The summed E-state index contributed by atoms with van der Waals surface area (Å²) < 4.78 is 0.923. The van der Waals surface area contributed by atoms with E-state index in [1.165, 1.54) is 0 Å². The molecule has 0 aliphatic rings. The number of halogens is 3. The lowest BCUT2D eigenvalue weighted by Gasteiger charge is -2.29. The maximum absolute atomic E-state index is 13.1. The highest BCUT2D eigenvalue weighted by Gasteiger charge is 2.26. The molecular weight excluding hydrogens is 475 g/mol. The highest BCUT2D eigenvalue weighted by atomic mass is 79.9. The van der Waals surface area contributed by atoms with Crippen molar-refractivity contribution < 1.29 is 9.59 Å². The van der Waals surface area contributed by atoms with Crippen molar-refractivity contribution in [3.05, 3.63) is 68.1 Å². The Kier molecular flexibility index (Phi) is 9.47. The molecule has 1 N–H and O–H groups in total. The average molecular weight is 500 g/mol. The molecule has 29 heavy (non-hydrogen) atoms. The van der Waals surface area contributed by atoms with E-state index in [2.05, 4.69) is 28.2 Å². The first-order valence-electron chi connectivity index (χ1n) is 9.57. The molecule has 0 spiro atoms. The molecule has 0 radical (unpaired) electrons. The number of carbonyl (C=O) groups excluding carboxylic acids is 2. The lowest BCUT2D eigenvalue weighted by Crippen LogP contribution is -2.48. The number of amides is 2. The Balaban J connectivity index is 2.20. The van der Waals surface area contributed by atoms with Crippen LogP contribution in [0.1, 0.15) is 37.8 Å². The van der Waals surface area contributed by atoms with Crippen LogP contribution in [-0.4, -0.2) is 29.3 Å². The van der Waals surface area contributed by atoms with Crippen LogP contribution in [0.25, 0.3) is 0 Å². The molecule has 0 unspecified atom stereocenters. The predicted molar refractivity (Wildman–Crippen MR) is 122 cm³/mol. The lowest BCUT2D eigenvalue weighted by molar-refractivity contribution is -0.140. The Morgan fingerprint density at radius 1 is 1.10 bits per heavy atom. The van der Waals surface area contributed by atoms with Gasteiger partial charge in [-0.1, -0.05) is 70.7 Å². The SMILES string of the molecule is CCCCNC(=O)[C@@H](C)N(Cc1cccc(Br)c1)C(=O)Cc1ccc(Cl)c(Cl)c1. The van der Waals surface area contributed by atoms with Crippen LogP contribution in [0.2, 0.25) is 10.0 Å². The predicted octanol–water partition coefficient (Wildman–Crippen LogP) is 5.63. The minimum absolute atomic E-state index is 0.136. The van der Waals surface area contributed by atoms with Crippen LogP contribution in [0.5, 0.6) is 0 Å². The number of hydrogen-bond donors (Lipinski definition) is 1. The molecule has 0 saturated carbocycles. The van der Waals surface area contributed by atoms with Crippen molar-refractivity contribution in [2.75, 3.05) is 6.54 Å². The second kappa shape index (κ2) is 11.6. The van der Waals surface area contributed by atoms with Gasteiger partial charge in [0.1, 0.15) is 6.04 Å². The van der Waals surface area contributed by atoms with Gasteiger partial charge in [-0.3, -0.25) is 9.59 Å². The van der Waals surface area contributed by atoms with Crippen molar-refractivity contribution in [2.24, 2.45) is 0 Å².